The molecule has 0 spiro atoms. The predicted octanol–water partition coefficient (Wildman–Crippen LogP) is 2.66. The van der Waals surface area contributed by atoms with Crippen LogP contribution in [0.1, 0.15) is 16.4 Å². The molecule has 1 atom stereocenters. The second-order valence-electron chi connectivity index (χ2n) is 5.80. The number of carbonyl (C=O) groups is 2. The summed E-state index contributed by atoms with van der Waals surface area (Å²) < 4.78 is 7.90. The fraction of sp³-hybridized carbons (Fsp3) is 0.278. The van der Waals surface area contributed by atoms with E-state index in [1.165, 1.54) is 16.8 Å². The van der Waals surface area contributed by atoms with E-state index >= 15 is 0 Å². The minimum Gasteiger partial charge on any atom is -0.378 e. The summed E-state index contributed by atoms with van der Waals surface area (Å²) in [6, 6.07) is 8.39. The van der Waals surface area contributed by atoms with E-state index < -0.39 is 23.3 Å². The number of rotatable bonds is 4. The third-order valence-electron chi connectivity index (χ3n) is 4.11. The number of aromatic nitrogens is 1. The average molecular weight is 484 g/mol. The number of ketones is 1. The van der Waals surface area contributed by atoms with Gasteiger partial charge in [-0.05, 0) is 34.1 Å². The van der Waals surface area contributed by atoms with Crippen LogP contribution in [0.25, 0.3) is 0 Å². The van der Waals surface area contributed by atoms with E-state index in [1.54, 1.807) is 35.2 Å². The number of carbonyl (C=O) groups excluding carboxylic acids is 2. The summed E-state index contributed by atoms with van der Waals surface area (Å²) in [5, 5.41) is 0. The molecule has 2 heterocycles. The molecule has 0 saturated carbocycles. The van der Waals surface area contributed by atoms with Gasteiger partial charge in [-0.1, -0.05) is 28.1 Å². The smallest absolute Gasteiger partial charge is 0.254 e. The maximum absolute atomic E-state index is 13.1. The normalized spacial score (nSPS) is 15.5. The van der Waals surface area contributed by atoms with Crippen LogP contribution in [0, 0.1) is 0 Å². The number of hydrogen-bond donors (Lipinski definition) is 0. The van der Waals surface area contributed by atoms with Gasteiger partial charge >= 0.3 is 0 Å². The topological polar surface area (TPSA) is 68.6 Å². The molecule has 1 aromatic heterocycles. The zero-order chi connectivity index (χ0) is 18.7. The lowest BCUT2D eigenvalue weighted by Crippen LogP contribution is -2.48. The first-order chi connectivity index (χ1) is 12.5. The first-order valence-electron chi connectivity index (χ1n) is 8.01. The Balaban J connectivity index is 2.04. The van der Waals surface area contributed by atoms with E-state index in [0.29, 0.717) is 36.3 Å². The quantitative estimate of drug-likeness (QED) is 0.495. The van der Waals surface area contributed by atoms with Gasteiger partial charge in [-0.25, -0.2) is 0 Å². The van der Waals surface area contributed by atoms with Gasteiger partial charge in [0.15, 0.2) is 11.8 Å². The number of hydrogen-bond acceptors (Lipinski definition) is 4. The second kappa shape index (κ2) is 8.28. The molecule has 1 unspecified atom stereocenters. The first-order valence-corrected chi connectivity index (χ1v) is 9.60. The number of morpholine rings is 1. The van der Waals surface area contributed by atoms with Gasteiger partial charge < -0.3 is 9.64 Å². The molecule has 0 bridgehead atoms. The highest BCUT2D eigenvalue weighted by Crippen LogP contribution is 2.20. The fourth-order valence-electron chi connectivity index (χ4n) is 2.76. The molecule has 1 fully saturated rings. The molecule has 26 heavy (non-hydrogen) atoms. The summed E-state index contributed by atoms with van der Waals surface area (Å²) in [5.74, 6) is -0.824. The van der Waals surface area contributed by atoms with Gasteiger partial charge in [0.1, 0.15) is 0 Å². The zero-order valence-corrected chi connectivity index (χ0v) is 16.9. The van der Waals surface area contributed by atoms with Crippen molar-refractivity contribution in [3.63, 3.8) is 0 Å². The molecule has 1 amide bonds. The summed E-state index contributed by atoms with van der Waals surface area (Å²) in [7, 11) is 0. The lowest BCUT2D eigenvalue weighted by Gasteiger charge is -2.30. The van der Waals surface area contributed by atoms with Crippen LogP contribution in [0.4, 0.5) is 0 Å². The molecule has 0 aliphatic carbocycles. The van der Waals surface area contributed by atoms with Crippen LogP contribution in [-0.2, 0) is 9.53 Å². The van der Waals surface area contributed by atoms with Crippen molar-refractivity contribution >= 4 is 43.6 Å². The molecule has 1 aliphatic rings. The molecule has 0 radical (unpaired) electrons. The van der Waals surface area contributed by atoms with E-state index in [4.69, 9.17) is 4.74 Å². The van der Waals surface area contributed by atoms with E-state index in [-0.39, 0.29) is 0 Å². The molecule has 2 aromatic rings. The maximum Gasteiger partial charge on any atom is 0.254 e. The van der Waals surface area contributed by atoms with Crippen LogP contribution >= 0.6 is 31.9 Å². The number of halogens is 2. The molecule has 0 N–H and O–H groups in total. The Labute approximate surface area is 167 Å². The van der Waals surface area contributed by atoms with Crippen molar-refractivity contribution in [2.75, 3.05) is 26.3 Å². The molecule has 1 aliphatic heterocycles. The Morgan fingerprint density at radius 3 is 2.23 bits per heavy atom. The fourth-order valence-corrected chi connectivity index (χ4v) is 3.38. The number of Topliss-reactive ketones (excluding diaryl/α,β-unsaturated/α-hetero) is 1. The maximum atomic E-state index is 13.1. The first kappa shape index (κ1) is 19.0. The van der Waals surface area contributed by atoms with Crippen molar-refractivity contribution in [1.29, 1.82) is 0 Å². The Kier molecular flexibility index (Phi) is 6.05. The summed E-state index contributed by atoms with van der Waals surface area (Å²) in [6.07, 6.45) is 1.47. The third kappa shape index (κ3) is 4.13. The van der Waals surface area contributed by atoms with Crippen LogP contribution < -0.4 is 5.56 Å². The summed E-state index contributed by atoms with van der Waals surface area (Å²) >= 11 is 6.63. The highest BCUT2D eigenvalue weighted by atomic mass is 79.9. The van der Waals surface area contributed by atoms with Crippen LogP contribution in [-0.4, -0.2) is 47.5 Å². The average Bonchev–Trinajstić information content (AvgIpc) is 2.66. The monoisotopic (exact) mass is 482 g/mol. The SMILES string of the molecule is O=C(c1ccc(Br)cc1)C(C(=O)N1CCOCC1)n1cc(Br)ccc1=O. The molecular formula is C18H16Br2N2O4. The van der Waals surface area contributed by atoms with Crippen LogP contribution in [0.3, 0.4) is 0 Å². The van der Waals surface area contributed by atoms with E-state index in [2.05, 4.69) is 31.9 Å². The standard InChI is InChI=1S/C18H16Br2N2O4/c19-13-3-1-12(2-4-13)17(24)16(18(25)21-7-9-26-10-8-21)22-11-14(20)5-6-15(22)23/h1-6,11,16H,7-10H2. The minimum absolute atomic E-state index is 0.367. The van der Waals surface area contributed by atoms with Crippen LogP contribution in [0.2, 0.25) is 0 Å². The zero-order valence-electron chi connectivity index (χ0n) is 13.7. The van der Waals surface area contributed by atoms with Gasteiger partial charge in [-0.3, -0.25) is 19.0 Å². The number of nitrogens with zero attached hydrogens (tertiary/aromatic N) is 2. The lowest BCUT2D eigenvalue weighted by molar-refractivity contribution is -0.137. The second-order valence-corrected chi connectivity index (χ2v) is 7.64. The molecule has 136 valence electrons. The highest BCUT2D eigenvalue weighted by molar-refractivity contribution is 9.10. The van der Waals surface area contributed by atoms with Gasteiger partial charge in [-0.2, -0.15) is 0 Å². The Hall–Kier alpha value is -1.77. The van der Waals surface area contributed by atoms with Crippen molar-refractivity contribution in [3.8, 4) is 0 Å². The number of benzene rings is 1. The molecule has 6 nitrogen and oxygen atoms in total. The van der Waals surface area contributed by atoms with Crippen molar-refractivity contribution in [2.24, 2.45) is 0 Å². The molecular weight excluding hydrogens is 468 g/mol. The minimum atomic E-state index is -1.25. The van der Waals surface area contributed by atoms with Crippen LogP contribution in [0.15, 0.2) is 56.3 Å². The Morgan fingerprint density at radius 1 is 0.962 bits per heavy atom. The van der Waals surface area contributed by atoms with E-state index in [9.17, 15) is 14.4 Å². The van der Waals surface area contributed by atoms with Crippen molar-refractivity contribution < 1.29 is 14.3 Å². The molecule has 3 rings (SSSR count). The summed E-state index contributed by atoms with van der Waals surface area (Å²) in [6.45, 7) is 1.62. The van der Waals surface area contributed by atoms with Crippen molar-refractivity contribution in [2.45, 2.75) is 6.04 Å². The Bertz CT molecular complexity index is 874. The predicted molar refractivity (Wildman–Crippen MR) is 103 cm³/mol. The summed E-state index contributed by atoms with van der Waals surface area (Å²) in [5.41, 5.74) is -0.0445. The van der Waals surface area contributed by atoms with Crippen LogP contribution in [0.5, 0.6) is 0 Å². The van der Waals surface area contributed by atoms with E-state index in [1.807, 2.05) is 0 Å². The van der Waals surface area contributed by atoms with Gasteiger partial charge in [0.2, 0.25) is 0 Å². The van der Waals surface area contributed by atoms with Crippen molar-refractivity contribution in [3.05, 3.63) is 67.5 Å². The number of pyridine rings is 1. The number of ether oxygens (including phenoxy) is 1. The summed E-state index contributed by atoms with van der Waals surface area (Å²) in [4.78, 5) is 40.2. The highest BCUT2D eigenvalue weighted by Gasteiger charge is 2.34. The van der Waals surface area contributed by atoms with Gasteiger partial charge in [0.05, 0.1) is 13.2 Å². The molecule has 1 saturated heterocycles. The van der Waals surface area contributed by atoms with Gasteiger partial charge in [-0.15, -0.1) is 0 Å². The third-order valence-corrected chi connectivity index (χ3v) is 5.11. The molecule has 1 aromatic carbocycles. The number of amides is 1. The lowest BCUT2D eigenvalue weighted by atomic mass is 10.0. The Morgan fingerprint density at radius 2 is 1.58 bits per heavy atom. The van der Waals surface area contributed by atoms with Crippen molar-refractivity contribution in [1.82, 2.24) is 9.47 Å². The van der Waals surface area contributed by atoms with E-state index in [0.717, 1.165) is 4.47 Å². The van der Waals surface area contributed by atoms with Gasteiger partial charge in [0, 0.05) is 39.9 Å². The van der Waals surface area contributed by atoms with Gasteiger partial charge in [0.25, 0.3) is 11.5 Å². The largest absolute Gasteiger partial charge is 0.378 e. The molecule has 8 heteroatoms.